The molecular weight excluding hydrogens is 270 g/mol. The van der Waals surface area contributed by atoms with Crippen molar-refractivity contribution in [1.29, 1.82) is 0 Å². The van der Waals surface area contributed by atoms with Gasteiger partial charge in [0.2, 0.25) is 5.91 Å². The van der Waals surface area contributed by atoms with Gasteiger partial charge in [0.25, 0.3) is 0 Å². The molecule has 2 heterocycles. The van der Waals surface area contributed by atoms with Crippen LogP contribution in [0, 0.1) is 12.8 Å². The van der Waals surface area contributed by atoms with E-state index in [2.05, 4.69) is 4.74 Å². The molecule has 1 fully saturated rings. The first-order chi connectivity index (χ1) is 8.95. The minimum atomic E-state index is -0.997. The zero-order chi connectivity index (χ0) is 14.2. The summed E-state index contributed by atoms with van der Waals surface area (Å²) in [6, 6.07) is 0. The number of amides is 1. The van der Waals surface area contributed by atoms with Crippen molar-refractivity contribution < 1.29 is 24.2 Å². The third kappa shape index (κ3) is 2.33. The summed E-state index contributed by atoms with van der Waals surface area (Å²) in [5.74, 6) is -2.51. The number of ether oxygens (including phenoxy) is 1. The van der Waals surface area contributed by atoms with Gasteiger partial charge in [0.1, 0.15) is 4.88 Å². The molecule has 0 aromatic carbocycles. The van der Waals surface area contributed by atoms with Gasteiger partial charge in [-0.3, -0.25) is 9.59 Å². The highest BCUT2D eigenvalue weighted by molar-refractivity contribution is 7.12. The van der Waals surface area contributed by atoms with Crippen molar-refractivity contribution in [1.82, 2.24) is 0 Å². The lowest BCUT2D eigenvalue weighted by atomic mass is 10.1. The van der Waals surface area contributed by atoms with E-state index in [-0.39, 0.29) is 18.9 Å². The van der Waals surface area contributed by atoms with E-state index in [9.17, 15) is 14.4 Å². The normalized spacial score (nSPS) is 18.7. The molecule has 19 heavy (non-hydrogen) atoms. The number of nitrogens with zero attached hydrogens (tertiary/aromatic N) is 1. The number of hydrogen-bond acceptors (Lipinski definition) is 5. The zero-order valence-corrected chi connectivity index (χ0v) is 11.3. The molecule has 1 unspecified atom stereocenters. The number of esters is 1. The van der Waals surface area contributed by atoms with Crippen LogP contribution >= 0.6 is 11.3 Å². The van der Waals surface area contributed by atoms with Crippen molar-refractivity contribution in [3.8, 4) is 0 Å². The molecule has 0 saturated carbocycles. The lowest BCUT2D eigenvalue weighted by Crippen LogP contribution is -2.27. The number of anilines is 1. The maximum Gasteiger partial charge on any atom is 0.350 e. The second-order valence-electron chi connectivity index (χ2n) is 4.33. The molecule has 2 rings (SSSR count). The van der Waals surface area contributed by atoms with Crippen LogP contribution in [0.15, 0.2) is 5.38 Å². The van der Waals surface area contributed by atoms with Gasteiger partial charge in [-0.05, 0) is 17.9 Å². The maximum absolute atomic E-state index is 11.9. The van der Waals surface area contributed by atoms with E-state index < -0.39 is 17.9 Å². The summed E-state index contributed by atoms with van der Waals surface area (Å²) in [6.07, 6.45) is -0.0365. The fraction of sp³-hybridized carbons (Fsp3) is 0.417. The van der Waals surface area contributed by atoms with Gasteiger partial charge >= 0.3 is 11.9 Å². The number of carboxylic acids is 1. The van der Waals surface area contributed by atoms with Crippen LogP contribution in [-0.4, -0.2) is 36.6 Å². The molecule has 7 heteroatoms. The van der Waals surface area contributed by atoms with E-state index in [1.54, 1.807) is 12.3 Å². The van der Waals surface area contributed by atoms with Crippen LogP contribution < -0.4 is 4.90 Å². The molecule has 1 N–H and O–H groups in total. The average Bonchev–Trinajstić information content (AvgIpc) is 2.91. The Kier molecular flexibility index (Phi) is 3.57. The highest BCUT2D eigenvalue weighted by Gasteiger charge is 2.38. The SMILES string of the molecule is COC(=O)c1scc(C)c1N1CC(C(=O)O)CC1=O. The van der Waals surface area contributed by atoms with Crippen molar-refractivity contribution in [2.24, 2.45) is 5.92 Å². The first-order valence-corrected chi connectivity index (χ1v) is 6.53. The maximum atomic E-state index is 11.9. The summed E-state index contributed by atoms with van der Waals surface area (Å²) >= 11 is 1.19. The molecule has 1 aromatic heterocycles. The van der Waals surface area contributed by atoms with Gasteiger partial charge in [-0.1, -0.05) is 0 Å². The quantitative estimate of drug-likeness (QED) is 0.845. The second kappa shape index (κ2) is 5.00. The summed E-state index contributed by atoms with van der Waals surface area (Å²) in [7, 11) is 1.27. The largest absolute Gasteiger partial charge is 0.481 e. The molecule has 0 aliphatic carbocycles. The van der Waals surface area contributed by atoms with Crippen LogP contribution in [0.3, 0.4) is 0 Å². The smallest absolute Gasteiger partial charge is 0.350 e. The van der Waals surface area contributed by atoms with Gasteiger partial charge < -0.3 is 14.7 Å². The van der Waals surface area contributed by atoms with E-state index in [1.165, 1.54) is 23.3 Å². The predicted octanol–water partition coefficient (Wildman–Crippen LogP) is 1.28. The first kappa shape index (κ1) is 13.5. The van der Waals surface area contributed by atoms with Gasteiger partial charge in [-0.2, -0.15) is 0 Å². The number of carbonyl (C=O) groups is 3. The molecule has 6 nitrogen and oxygen atoms in total. The molecule has 0 spiro atoms. The van der Waals surface area contributed by atoms with Crippen LogP contribution in [0.2, 0.25) is 0 Å². The lowest BCUT2D eigenvalue weighted by molar-refractivity contribution is -0.141. The zero-order valence-electron chi connectivity index (χ0n) is 10.5. The Hall–Kier alpha value is -1.89. The number of aryl methyl sites for hydroxylation is 1. The molecule has 1 amide bonds. The monoisotopic (exact) mass is 283 g/mol. The van der Waals surface area contributed by atoms with Crippen LogP contribution in [0.25, 0.3) is 0 Å². The third-order valence-corrected chi connectivity index (χ3v) is 4.12. The number of carboxylic acid groups (broad SMARTS) is 1. The Morgan fingerprint density at radius 1 is 1.53 bits per heavy atom. The lowest BCUT2D eigenvalue weighted by Gasteiger charge is -2.17. The predicted molar refractivity (Wildman–Crippen MR) is 68.5 cm³/mol. The Morgan fingerprint density at radius 2 is 2.21 bits per heavy atom. The highest BCUT2D eigenvalue weighted by Crippen LogP contribution is 2.35. The molecule has 102 valence electrons. The summed E-state index contributed by atoms with van der Waals surface area (Å²) in [4.78, 5) is 36.2. The number of hydrogen-bond donors (Lipinski definition) is 1. The topological polar surface area (TPSA) is 83.9 Å². The van der Waals surface area contributed by atoms with Gasteiger partial charge in [-0.15, -0.1) is 11.3 Å². The van der Waals surface area contributed by atoms with Crippen LogP contribution in [0.5, 0.6) is 0 Å². The molecule has 1 atom stereocenters. The van der Waals surface area contributed by atoms with Crippen molar-refractivity contribution >= 4 is 34.9 Å². The number of rotatable bonds is 3. The van der Waals surface area contributed by atoms with Crippen LogP contribution in [0.1, 0.15) is 21.7 Å². The number of aliphatic carboxylic acids is 1. The summed E-state index contributed by atoms with van der Waals surface area (Å²) in [5, 5.41) is 10.7. The first-order valence-electron chi connectivity index (χ1n) is 5.65. The minimum absolute atomic E-state index is 0.0365. The van der Waals surface area contributed by atoms with Gasteiger partial charge in [0, 0.05) is 13.0 Å². The molecule has 1 aliphatic heterocycles. The molecule has 1 saturated heterocycles. The van der Waals surface area contributed by atoms with Gasteiger partial charge in [-0.25, -0.2) is 4.79 Å². The van der Waals surface area contributed by atoms with Crippen molar-refractivity contribution in [3.63, 3.8) is 0 Å². The molecule has 0 bridgehead atoms. The number of methoxy groups -OCH3 is 1. The fourth-order valence-corrected chi connectivity index (χ4v) is 3.07. The summed E-state index contributed by atoms with van der Waals surface area (Å²) < 4.78 is 4.68. The van der Waals surface area contributed by atoms with E-state index in [4.69, 9.17) is 5.11 Å². The standard InChI is InChI=1S/C12H13NO5S/c1-6-5-19-10(12(17)18-2)9(6)13-4-7(11(15)16)3-8(13)14/h5,7H,3-4H2,1-2H3,(H,15,16). The van der Waals surface area contributed by atoms with Crippen LogP contribution in [-0.2, 0) is 14.3 Å². The summed E-state index contributed by atoms with van der Waals surface area (Å²) in [6.45, 7) is 1.87. The molecule has 1 aromatic rings. The Morgan fingerprint density at radius 3 is 2.74 bits per heavy atom. The van der Waals surface area contributed by atoms with Crippen molar-refractivity contribution in [2.45, 2.75) is 13.3 Å². The van der Waals surface area contributed by atoms with Gasteiger partial charge in [0.15, 0.2) is 0 Å². The van der Waals surface area contributed by atoms with Crippen molar-refractivity contribution in [3.05, 3.63) is 15.8 Å². The van der Waals surface area contributed by atoms with E-state index in [0.29, 0.717) is 10.6 Å². The number of thiophene rings is 1. The number of carbonyl (C=O) groups excluding carboxylic acids is 2. The highest BCUT2D eigenvalue weighted by atomic mass is 32.1. The molecule has 1 aliphatic rings. The fourth-order valence-electron chi connectivity index (χ4n) is 2.10. The second-order valence-corrected chi connectivity index (χ2v) is 5.21. The van der Waals surface area contributed by atoms with E-state index in [1.807, 2.05) is 0 Å². The minimum Gasteiger partial charge on any atom is -0.481 e. The average molecular weight is 283 g/mol. The molecular formula is C12H13NO5S. The molecule has 0 radical (unpaired) electrons. The third-order valence-electron chi connectivity index (χ3n) is 3.06. The Balaban J connectivity index is 2.37. The summed E-state index contributed by atoms with van der Waals surface area (Å²) in [5.41, 5.74) is 1.25. The van der Waals surface area contributed by atoms with Crippen molar-refractivity contribution in [2.75, 3.05) is 18.6 Å². The Bertz CT molecular complexity index is 550. The van der Waals surface area contributed by atoms with Crippen LogP contribution in [0.4, 0.5) is 5.69 Å². The van der Waals surface area contributed by atoms with E-state index >= 15 is 0 Å². The van der Waals surface area contributed by atoms with Gasteiger partial charge in [0.05, 0.1) is 18.7 Å². The van der Waals surface area contributed by atoms with E-state index in [0.717, 1.165) is 5.56 Å². The Labute approximate surface area is 113 Å².